The lowest BCUT2D eigenvalue weighted by molar-refractivity contribution is -0.137. The number of hydrogen-bond acceptors (Lipinski definition) is 3. The third-order valence-electron chi connectivity index (χ3n) is 4.25. The fourth-order valence-electron chi connectivity index (χ4n) is 2.73. The molecular formula is C22H17ClF3NO2S. The third kappa shape index (κ3) is 5.70. The van der Waals surface area contributed by atoms with Crippen LogP contribution < -0.4 is 5.32 Å². The molecule has 0 fully saturated rings. The molecule has 3 nitrogen and oxygen atoms in total. The molecule has 8 heteroatoms. The Bertz CT molecular complexity index is 1040. The highest BCUT2D eigenvalue weighted by Gasteiger charge is 2.31. The van der Waals surface area contributed by atoms with Crippen molar-refractivity contribution < 1.29 is 23.1 Å². The standard InChI is InChI=1S/C22H17ClF3NO2S/c23-16-7-8-19(28)17(13-16)21(29)27-18-12-15(22(24,25)26)6-9-20(18)30-11-10-14-4-2-1-3-5-14/h1-9,12-13,28H,10-11H2,(H,27,29). The van der Waals surface area contributed by atoms with Crippen molar-refractivity contribution in [3.63, 3.8) is 0 Å². The van der Waals surface area contributed by atoms with E-state index in [2.05, 4.69) is 5.32 Å². The number of amides is 1. The number of carbonyl (C=O) groups excluding carboxylic acids is 1. The van der Waals surface area contributed by atoms with E-state index in [0.29, 0.717) is 10.6 Å². The van der Waals surface area contributed by atoms with Crippen LogP contribution in [0.5, 0.6) is 5.75 Å². The minimum absolute atomic E-state index is 0.0206. The van der Waals surface area contributed by atoms with Crippen LogP contribution >= 0.6 is 23.4 Å². The number of thioether (sulfide) groups is 1. The summed E-state index contributed by atoms with van der Waals surface area (Å²) < 4.78 is 39.5. The maximum atomic E-state index is 13.2. The summed E-state index contributed by atoms with van der Waals surface area (Å²) in [5.41, 5.74) is 0.124. The molecule has 0 aliphatic rings. The van der Waals surface area contributed by atoms with E-state index in [-0.39, 0.29) is 22.0 Å². The molecule has 156 valence electrons. The highest BCUT2D eigenvalue weighted by molar-refractivity contribution is 7.99. The quantitative estimate of drug-likeness (QED) is 0.412. The highest BCUT2D eigenvalue weighted by atomic mass is 35.5. The van der Waals surface area contributed by atoms with E-state index in [4.69, 9.17) is 11.6 Å². The van der Waals surface area contributed by atoms with Crippen molar-refractivity contribution in [3.8, 4) is 5.75 Å². The second kappa shape index (κ2) is 9.45. The smallest absolute Gasteiger partial charge is 0.416 e. The Kier molecular flexibility index (Phi) is 6.95. The number of phenols is 1. The van der Waals surface area contributed by atoms with Gasteiger partial charge in [0.25, 0.3) is 5.91 Å². The summed E-state index contributed by atoms with van der Waals surface area (Å²) in [5.74, 6) is -0.456. The Labute approximate surface area is 180 Å². The van der Waals surface area contributed by atoms with Crippen LogP contribution in [-0.4, -0.2) is 16.8 Å². The van der Waals surface area contributed by atoms with Gasteiger partial charge in [-0.05, 0) is 48.4 Å². The molecule has 3 aromatic rings. The Balaban J connectivity index is 1.83. The van der Waals surface area contributed by atoms with E-state index in [9.17, 15) is 23.1 Å². The minimum atomic E-state index is -4.55. The maximum absolute atomic E-state index is 13.2. The highest BCUT2D eigenvalue weighted by Crippen LogP contribution is 2.36. The van der Waals surface area contributed by atoms with Crippen molar-refractivity contribution in [3.05, 3.63) is 88.4 Å². The number of benzene rings is 3. The monoisotopic (exact) mass is 451 g/mol. The normalized spacial score (nSPS) is 11.3. The van der Waals surface area contributed by atoms with E-state index in [1.807, 2.05) is 30.3 Å². The predicted molar refractivity (Wildman–Crippen MR) is 113 cm³/mol. The number of halogens is 4. The Hall–Kier alpha value is -2.64. The van der Waals surface area contributed by atoms with Gasteiger partial charge >= 0.3 is 6.18 Å². The van der Waals surface area contributed by atoms with Crippen molar-refractivity contribution in [2.75, 3.05) is 11.1 Å². The fourth-order valence-corrected chi connectivity index (χ4v) is 3.89. The number of rotatable bonds is 6. The number of alkyl halides is 3. The van der Waals surface area contributed by atoms with E-state index in [1.165, 1.54) is 36.0 Å². The molecule has 0 saturated carbocycles. The zero-order valence-electron chi connectivity index (χ0n) is 15.5. The van der Waals surface area contributed by atoms with Crippen LogP contribution in [0.3, 0.4) is 0 Å². The third-order valence-corrected chi connectivity index (χ3v) is 5.56. The number of phenolic OH excluding ortho intramolecular Hbond substituents is 1. The summed E-state index contributed by atoms with van der Waals surface area (Å²) in [6.07, 6.45) is -3.83. The van der Waals surface area contributed by atoms with Gasteiger partial charge in [0.05, 0.1) is 16.8 Å². The summed E-state index contributed by atoms with van der Waals surface area (Å²) in [7, 11) is 0. The van der Waals surface area contributed by atoms with Gasteiger partial charge in [0, 0.05) is 15.7 Å². The molecular weight excluding hydrogens is 435 g/mol. The van der Waals surface area contributed by atoms with Gasteiger partial charge in [-0.15, -0.1) is 11.8 Å². The van der Waals surface area contributed by atoms with Gasteiger partial charge in [-0.1, -0.05) is 41.9 Å². The number of aryl methyl sites for hydroxylation is 1. The van der Waals surface area contributed by atoms with Crippen molar-refractivity contribution in [1.82, 2.24) is 0 Å². The molecule has 0 bridgehead atoms. The molecule has 0 aromatic heterocycles. The van der Waals surface area contributed by atoms with Gasteiger partial charge in [0.1, 0.15) is 5.75 Å². The SMILES string of the molecule is O=C(Nc1cc(C(F)(F)F)ccc1SCCc1ccccc1)c1cc(Cl)ccc1O. The second-order valence-electron chi connectivity index (χ2n) is 6.41. The molecule has 3 rings (SSSR count). The molecule has 30 heavy (non-hydrogen) atoms. The van der Waals surface area contributed by atoms with Gasteiger partial charge < -0.3 is 10.4 Å². The topological polar surface area (TPSA) is 49.3 Å². The molecule has 2 N–H and O–H groups in total. The van der Waals surface area contributed by atoms with Gasteiger partial charge in [0.15, 0.2) is 0 Å². The maximum Gasteiger partial charge on any atom is 0.416 e. The average Bonchev–Trinajstić information content (AvgIpc) is 2.70. The van der Waals surface area contributed by atoms with Crippen LogP contribution in [0.4, 0.5) is 18.9 Å². The molecule has 0 unspecified atom stereocenters. The van der Waals surface area contributed by atoms with Crippen LogP contribution in [0.1, 0.15) is 21.5 Å². The summed E-state index contributed by atoms with van der Waals surface area (Å²) in [5, 5.41) is 12.6. The lowest BCUT2D eigenvalue weighted by Gasteiger charge is -2.15. The van der Waals surface area contributed by atoms with Crippen LogP contribution in [0.15, 0.2) is 71.6 Å². The van der Waals surface area contributed by atoms with E-state index in [0.717, 1.165) is 24.1 Å². The summed E-state index contributed by atoms with van der Waals surface area (Å²) >= 11 is 7.20. The molecule has 0 spiro atoms. The number of anilines is 1. The van der Waals surface area contributed by atoms with Gasteiger partial charge in [0.2, 0.25) is 0 Å². The minimum Gasteiger partial charge on any atom is -0.507 e. The molecule has 1 amide bonds. The molecule has 0 aliphatic carbocycles. The van der Waals surface area contributed by atoms with Crippen LogP contribution in [0.2, 0.25) is 5.02 Å². The molecule has 0 heterocycles. The average molecular weight is 452 g/mol. The Morgan fingerprint density at radius 2 is 1.77 bits per heavy atom. The number of aromatic hydroxyl groups is 1. The zero-order valence-corrected chi connectivity index (χ0v) is 17.1. The van der Waals surface area contributed by atoms with E-state index >= 15 is 0 Å². The zero-order chi connectivity index (χ0) is 21.7. The first-order chi connectivity index (χ1) is 14.2. The number of hydrogen-bond donors (Lipinski definition) is 2. The van der Waals surface area contributed by atoms with Crippen LogP contribution in [0.25, 0.3) is 0 Å². The van der Waals surface area contributed by atoms with Crippen LogP contribution in [-0.2, 0) is 12.6 Å². The first kappa shape index (κ1) is 22.1. The lowest BCUT2D eigenvalue weighted by atomic mass is 10.1. The van der Waals surface area contributed by atoms with Gasteiger partial charge in [-0.2, -0.15) is 13.2 Å². The fraction of sp³-hybridized carbons (Fsp3) is 0.136. The first-order valence-electron chi connectivity index (χ1n) is 8.92. The Morgan fingerprint density at radius 1 is 1.03 bits per heavy atom. The molecule has 3 aromatic carbocycles. The predicted octanol–water partition coefficient (Wildman–Crippen LogP) is 6.65. The summed E-state index contributed by atoms with van der Waals surface area (Å²) in [6.45, 7) is 0. The summed E-state index contributed by atoms with van der Waals surface area (Å²) in [4.78, 5) is 13.1. The van der Waals surface area contributed by atoms with Gasteiger partial charge in [-0.25, -0.2) is 0 Å². The number of carbonyl (C=O) groups is 1. The molecule has 0 atom stereocenters. The Morgan fingerprint density at radius 3 is 2.47 bits per heavy atom. The lowest BCUT2D eigenvalue weighted by Crippen LogP contribution is -2.14. The first-order valence-corrected chi connectivity index (χ1v) is 10.3. The van der Waals surface area contributed by atoms with Crippen molar-refractivity contribution in [1.29, 1.82) is 0 Å². The van der Waals surface area contributed by atoms with E-state index in [1.54, 1.807) is 0 Å². The van der Waals surface area contributed by atoms with Crippen molar-refractivity contribution in [2.24, 2.45) is 0 Å². The number of nitrogens with one attached hydrogen (secondary N) is 1. The van der Waals surface area contributed by atoms with Gasteiger partial charge in [-0.3, -0.25) is 4.79 Å². The molecule has 0 saturated heterocycles. The van der Waals surface area contributed by atoms with Crippen molar-refractivity contribution in [2.45, 2.75) is 17.5 Å². The second-order valence-corrected chi connectivity index (χ2v) is 7.98. The van der Waals surface area contributed by atoms with Crippen LogP contribution in [0, 0.1) is 0 Å². The molecule has 0 aliphatic heterocycles. The largest absolute Gasteiger partial charge is 0.507 e. The summed E-state index contributed by atoms with van der Waals surface area (Å²) in [6, 6.07) is 16.8. The molecule has 0 radical (unpaired) electrons. The van der Waals surface area contributed by atoms with E-state index < -0.39 is 17.6 Å². The van der Waals surface area contributed by atoms with Crippen molar-refractivity contribution >= 4 is 35.0 Å².